The molecule has 3 aromatic rings. The Bertz CT molecular complexity index is 898. The molecule has 1 saturated carbocycles. The minimum Gasteiger partial charge on any atom is -0.507 e. The normalized spacial score (nSPS) is 14.8. The number of nitrogens with zero attached hydrogens (tertiary/aromatic N) is 3. The van der Waals surface area contributed by atoms with Crippen molar-refractivity contribution in [2.75, 3.05) is 0 Å². The molecule has 1 fully saturated rings. The van der Waals surface area contributed by atoms with Crippen LogP contribution in [0.15, 0.2) is 36.4 Å². The molecule has 4 rings (SSSR count). The quantitative estimate of drug-likeness (QED) is 0.776. The van der Waals surface area contributed by atoms with Crippen LogP contribution in [0.1, 0.15) is 41.4 Å². The molecule has 0 bridgehead atoms. The van der Waals surface area contributed by atoms with Gasteiger partial charge >= 0.3 is 5.97 Å². The van der Waals surface area contributed by atoms with Crippen molar-refractivity contribution in [3.63, 3.8) is 0 Å². The first-order valence-electron chi connectivity index (χ1n) is 7.56. The third kappa shape index (κ3) is 2.14. The number of aromatic nitrogens is 3. The van der Waals surface area contributed by atoms with Gasteiger partial charge in [0, 0.05) is 12.0 Å². The van der Waals surface area contributed by atoms with Crippen LogP contribution in [0.25, 0.3) is 16.7 Å². The molecular formula is C17H15N3O3. The number of carboxylic acid groups (broad SMARTS) is 1. The van der Waals surface area contributed by atoms with E-state index in [0.29, 0.717) is 17.0 Å². The van der Waals surface area contributed by atoms with Crippen molar-refractivity contribution < 1.29 is 15.0 Å². The van der Waals surface area contributed by atoms with Gasteiger partial charge in [-0.1, -0.05) is 24.6 Å². The minimum absolute atomic E-state index is 0.0727. The zero-order valence-corrected chi connectivity index (χ0v) is 12.3. The number of hydrogen-bond acceptors (Lipinski definition) is 4. The molecule has 2 aromatic heterocycles. The van der Waals surface area contributed by atoms with Gasteiger partial charge in [0.1, 0.15) is 5.75 Å². The highest BCUT2D eigenvalue weighted by Crippen LogP contribution is 2.42. The van der Waals surface area contributed by atoms with Crippen LogP contribution in [0.2, 0.25) is 0 Å². The second-order valence-corrected chi connectivity index (χ2v) is 5.79. The van der Waals surface area contributed by atoms with E-state index in [1.54, 1.807) is 4.68 Å². The smallest absolute Gasteiger partial charge is 0.354 e. The highest BCUT2D eigenvalue weighted by Gasteiger charge is 2.28. The monoisotopic (exact) mass is 309 g/mol. The van der Waals surface area contributed by atoms with Crippen LogP contribution in [0, 0.1) is 0 Å². The molecular weight excluding hydrogens is 294 g/mol. The summed E-state index contributed by atoms with van der Waals surface area (Å²) in [5.74, 6) is -0.949. The number of rotatable bonds is 3. The first-order chi connectivity index (χ1) is 11.1. The van der Waals surface area contributed by atoms with Crippen LogP contribution in [0.5, 0.6) is 5.75 Å². The summed E-state index contributed by atoms with van der Waals surface area (Å²) in [5, 5.41) is 24.8. The number of carboxylic acids is 1. The lowest BCUT2D eigenvalue weighted by atomic mass is 9.82. The van der Waals surface area contributed by atoms with E-state index in [1.807, 2.05) is 30.3 Å². The van der Waals surface area contributed by atoms with Crippen LogP contribution in [0.4, 0.5) is 0 Å². The zero-order valence-electron chi connectivity index (χ0n) is 12.3. The average Bonchev–Trinajstić information content (AvgIpc) is 2.86. The van der Waals surface area contributed by atoms with Gasteiger partial charge < -0.3 is 10.2 Å². The first kappa shape index (κ1) is 13.8. The van der Waals surface area contributed by atoms with E-state index in [9.17, 15) is 15.0 Å². The fourth-order valence-electron chi connectivity index (χ4n) is 2.95. The van der Waals surface area contributed by atoms with Gasteiger partial charge in [-0.05, 0) is 25.0 Å². The Labute approximate surface area is 132 Å². The van der Waals surface area contributed by atoms with E-state index < -0.39 is 5.97 Å². The molecule has 23 heavy (non-hydrogen) atoms. The van der Waals surface area contributed by atoms with E-state index in [2.05, 4.69) is 10.1 Å². The van der Waals surface area contributed by atoms with E-state index >= 15 is 0 Å². The van der Waals surface area contributed by atoms with Gasteiger partial charge in [0.25, 0.3) is 0 Å². The summed E-state index contributed by atoms with van der Waals surface area (Å²) in [6.07, 6.45) is 3.20. The molecule has 2 heterocycles. The number of aromatic hydroxyl groups is 1. The zero-order chi connectivity index (χ0) is 16.0. The Hall–Kier alpha value is -2.89. The molecule has 1 aliphatic rings. The standard InChI is InChI=1S/C17H15N3O3/c21-13-9-12(17(22)23)18-16-14(13)15(10-5-4-6-10)19-20(16)11-7-2-1-3-8-11/h1-3,7-10H,4-6H2,(H,18,21)(H,22,23). The summed E-state index contributed by atoms with van der Waals surface area (Å²) in [5.41, 5.74) is 1.79. The second kappa shape index (κ2) is 5.08. The van der Waals surface area contributed by atoms with Crippen LogP contribution < -0.4 is 0 Å². The molecule has 116 valence electrons. The maximum Gasteiger partial charge on any atom is 0.354 e. The molecule has 0 amide bonds. The third-order valence-corrected chi connectivity index (χ3v) is 4.36. The maximum absolute atomic E-state index is 11.2. The van der Waals surface area contributed by atoms with Gasteiger partial charge in [-0.2, -0.15) is 5.10 Å². The predicted octanol–water partition coefficient (Wildman–Crippen LogP) is 3.09. The number of benzene rings is 1. The topological polar surface area (TPSA) is 88.2 Å². The molecule has 0 unspecified atom stereocenters. The van der Waals surface area contributed by atoms with Gasteiger partial charge in [-0.15, -0.1) is 0 Å². The van der Waals surface area contributed by atoms with E-state index in [4.69, 9.17) is 0 Å². The van der Waals surface area contributed by atoms with Crippen molar-refractivity contribution in [1.82, 2.24) is 14.8 Å². The van der Waals surface area contributed by atoms with Crippen LogP contribution in [-0.2, 0) is 0 Å². The Morgan fingerprint density at radius 3 is 2.57 bits per heavy atom. The summed E-state index contributed by atoms with van der Waals surface area (Å²) >= 11 is 0. The van der Waals surface area contributed by atoms with Crippen molar-refractivity contribution in [3.8, 4) is 11.4 Å². The Morgan fingerprint density at radius 2 is 1.96 bits per heavy atom. The first-order valence-corrected chi connectivity index (χ1v) is 7.56. The van der Waals surface area contributed by atoms with Gasteiger partial charge in [-0.3, -0.25) is 0 Å². The summed E-state index contributed by atoms with van der Waals surface area (Å²) in [4.78, 5) is 15.5. The molecule has 1 aromatic carbocycles. The molecule has 2 N–H and O–H groups in total. The lowest BCUT2D eigenvalue weighted by Gasteiger charge is -2.23. The molecule has 0 saturated heterocycles. The summed E-state index contributed by atoms with van der Waals surface area (Å²) in [7, 11) is 0. The van der Waals surface area contributed by atoms with Crippen molar-refractivity contribution in [3.05, 3.63) is 47.8 Å². The number of hydrogen-bond donors (Lipinski definition) is 2. The highest BCUT2D eigenvalue weighted by atomic mass is 16.4. The molecule has 0 atom stereocenters. The van der Waals surface area contributed by atoms with Crippen LogP contribution >= 0.6 is 0 Å². The Kier molecular flexibility index (Phi) is 3.04. The Balaban J connectivity index is 2.03. The van der Waals surface area contributed by atoms with Gasteiger partial charge in [0.15, 0.2) is 11.3 Å². The number of carbonyl (C=O) groups is 1. The van der Waals surface area contributed by atoms with Gasteiger partial charge in [0.2, 0.25) is 0 Å². The van der Waals surface area contributed by atoms with Crippen molar-refractivity contribution >= 4 is 17.0 Å². The Morgan fingerprint density at radius 1 is 1.22 bits per heavy atom. The largest absolute Gasteiger partial charge is 0.507 e. The van der Waals surface area contributed by atoms with Gasteiger partial charge in [0.05, 0.1) is 16.8 Å². The summed E-state index contributed by atoms with van der Waals surface area (Å²) in [6, 6.07) is 10.6. The molecule has 0 radical (unpaired) electrons. The fourth-order valence-corrected chi connectivity index (χ4v) is 2.95. The molecule has 0 spiro atoms. The fraction of sp³-hybridized carbons (Fsp3) is 0.235. The number of aromatic carboxylic acids is 1. The van der Waals surface area contributed by atoms with Crippen molar-refractivity contribution in [2.24, 2.45) is 0 Å². The maximum atomic E-state index is 11.2. The summed E-state index contributed by atoms with van der Waals surface area (Å²) < 4.78 is 1.62. The number of fused-ring (bicyclic) bond motifs is 1. The molecule has 6 heteroatoms. The van der Waals surface area contributed by atoms with Crippen molar-refractivity contribution in [2.45, 2.75) is 25.2 Å². The second-order valence-electron chi connectivity index (χ2n) is 5.79. The number of pyridine rings is 1. The lowest BCUT2D eigenvalue weighted by Crippen LogP contribution is -2.10. The molecule has 6 nitrogen and oxygen atoms in total. The van der Waals surface area contributed by atoms with Crippen LogP contribution in [0.3, 0.4) is 0 Å². The lowest BCUT2D eigenvalue weighted by molar-refractivity contribution is 0.0690. The molecule has 1 aliphatic carbocycles. The van der Waals surface area contributed by atoms with Crippen LogP contribution in [-0.4, -0.2) is 30.9 Å². The highest BCUT2D eigenvalue weighted by molar-refractivity contribution is 5.93. The minimum atomic E-state index is -1.17. The summed E-state index contributed by atoms with van der Waals surface area (Å²) in [6.45, 7) is 0. The average molecular weight is 309 g/mol. The number of para-hydroxylation sites is 1. The SMILES string of the molecule is O=C(O)c1cc(O)c2c(C3CCC3)nn(-c3ccccc3)c2n1. The van der Waals surface area contributed by atoms with E-state index in [-0.39, 0.29) is 11.4 Å². The van der Waals surface area contributed by atoms with E-state index in [1.165, 1.54) is 6.07 Å². The van der Waals surface area contributed by atoms with Crippen molar-refractivity contribution in [1.29, 1.82) is 0 Å². The molecule has 0 aliphatic heterocycles. The van der Waals surface area contributed by atoms with E-state index in [0.717, 1.165) is 30.6 Å². The van der Waals surface area contributed by atoms with Gasteiger partial charge in [-0.25, -0.2) is 14.5 Å². The third-order valence-electron chi connectivity index (χ3n) is 4.36. The predicted molar refractivity (Wildman–Crippen MR) is 84.1 cm³/mol.